The fourth-order valence-electron chi connectivity index (χ4n) is 8.58. The van der Waals surface area contributed by atoms with Crippen molar-refractivity contribution in [2.24, 2.45) is 0 Å². The standard InChI is InChI=1S/C50H99NO8/c1-3-5-7-9-11-13-15-17-18-19-20-21-22-23-24-25-26-28-30-32-34-36-38-40-46(54)51-43(42-58-50-49(57)48(56)47(55)45(41-52)59-50)44(53)39-37-35-33-31-29-27-16-14-12-10-8-6-4-2/h43-45,47-50,52-53,55-57H,3-42H2,1-2H3,(H,51,54)/t43-,44+,45+,47-,48?,49?,50+/m0/s1. The maximum absolute atomic E-state index is 13.0. The normalized spacial score (nSPS) is 20.6. The van der Waals surface area contributed by atoms with Crippen LogP contribution in [0.5, 0.6) is 0 Å². The molecule has 59 heavy (non-hydrogen) atoms. The first-order chi connectivity index (χ1) is 28.8. The second-order valence-electron chi connectivity index (χ2n) is 18.3. The first-order valence-electron chi connectivity index (χ1n) is 25.7. The van der Waals surface area contributed by atoms with E-state index in [-0.39, 0.29) is 12.5 Å². The molecule has 7 atom stereocenters. The number of hydrogen-bond donors (Lipinski definition) is 6. The maximum atomic E-state index is 13.0. The lowest BCUT2D eigenvalue weighted by atomic mass is 9.99. The van der Waals surface area contributed by atoms with Gasteiger partial charge in [0.05, 0.1) is 25.4 Å². The van der Waals surface area contributed by atoms with Crippen LogP contribution in [0.1, 0.15) is 258 Å². The fraction of sp³-hybridized carbons (Fsp3) is 0.980. The summed E-state index contributed by atoms with van der Waals surface area (Å²) >= 11 is 0. The number of ether oxygens (including phenoxy) is 2. The topological polar surface area (TPSA) is 149 Å². The molecule has 1 aliphatic rings. The Kier molecular flexibility index (Phi) is 39.3. The summed E-state index contributed by atoms with van der Waals surface area (Å²) in [6.45, 7) is 3.86. The molecule has 1 fully saturated rings. The molecule has 0 aromatic carbocycles. The van der Waals surface area contributed by atoms with Crippen LogP contribution in [0, 0.1) is 0 Å². The van der Waals surface area contributed by atoms with Crippen molar-refractivity contribution in [2.75, 3.05) is 13.2 Å². The van der Waals surface area contributed by atoms with Gasteiger partial charge in [0.15, 0.2) is 6.29 Å². The summed E-state index contributed by atoms with van der Waals surface area (Å²) in [6, 6.07) is -0.711. The minimum Gasteiger partial charge on any atom is -0.394 e. The first-order valence-corrected chi connectivity index (χ1v) is 25.7. The lowest BCUT2D eigenvalue weighted by molar-refractivity contribution is -0.302. The van der Waals surface area contributed by atoms with Gasteiger partial charge in [0.2, 0.25) is 5.91 Å². The van der Waals surface area contributed by atoms with Crippen LogP contribution in [0.2, 0.25) is 0 Å². The minimum absolute atomic E-state index is 0.132. The summed E-state index contributed by atoms with van der Waals surface area (Å²) in [4.78, 5) is 13.0. The van der Waals surface area contributed by atoms with E-state index in [1.807, 2.05) is 0 Å². The van der Waals surface area contributed by atoms with Crippen LogP contribution in [0.15, 0.2) is 0 Å². The number of aliphatic hydroxyl groups excluding tert-OH is 5. The fourth-order valence-corrected chi connectivity index (χ4v) is 8.58. The number of carbonyl (C=O) groups is 1. The van der Waals surface area contributed by atoms with Crippen LogP contribution in [-0.4, -0.2) is 87.5 Å². The van der Waals surface area contributed by atoms with Crippen molar-refractivity contribution < 1.29 is 39.8 Å². The van der Waals surface area contributed by atoms with Crippen molar-refractivity contribution in [1.29, 1.82) is 0 Å². The second-order valence-corrected chi connectivity index (χ2v) is 18.3. The molecule has 1 amide bonds. The first kappa shape index (κ1) is 56.2. The lowest BCUT2D eigenvalue weighted by Crippen LogP contribution is -2.60. The smallest absolute Gasteiger partial charge is 0.220 e. The number of unbranched alkanes of at least 4 members (excludes halogenated alkanes) is 34. The average molecular weight is 842 g/mol. The van der Waals surface area contributed by atoms with Gasteiger partial charge in [-0.15, -0.1) is 0 Å². The molecule has 1 rings (SSSR count). The van der Waals surface area contributed by atoms with Gasteiger partial charge in [-0.25, -0.2) is 0 Å². The zero-order valence-electron chi connectivity index (χ0n) is 38.8. The molecule has 9 nitrogen and oxygen atoms in total. The Bertz CT molecular complexity index is 893. The Hall–Kier alpha value is -0.810. The van der Waals surface area contributed by atoms with Crippen LogP contribution in [0.3, 0.4) is 0 Å². The molecular formula is C50H99NO8. The van der Waals surface area contributed by atoms with Gasteiger partial charge < -0.3 is 40.3 Å². The number of nitrogens with one attached hydrogen (secondary N) is 1. The van der Waals surface area contributed by atoms with Crippen molar-refractivity contribution in [3.05, 3.63) is 0 Å². The molecule has 1 heterocycles. The Labute approximate surface area is 364 Å². The third-order valence-corrected chi connectivity index (χ3v) is 12.7. The summed E-state index contributed by atoms with van der Waals surface area (Å²) in [5, 5.41) is 54.4. The molecular weight excluding hydrogens is 743 g/mol. The molecule has 0 saturated carbocycles. The highest BCUT2D eigenvalue weighted by Gasteiger charge is 2.44. The van der Waals surface area contributed by atoms with E-state index in [2.05, 4.69) is 19.2 Å². The van der Waals surface area contributed by atoms with E-state index >= 15 is 0 Å². The van der Waals surface area contributed by atoms with Crippen molar-refractivity contribution in [3.63, 3.8) is 0 Å². The van der Waals surface area contributed by atoms with E-state index in [1.165, 1.54) is 193 Å². The summed E-state index contributed by atoms with van der Waals surface area (Å²) in [7, 11) is 0. The third kappa shape index (κ3) is 31.6. The Morgan fingerprint density at radius 3 is 1.20 bits per heavy atom. The third-order valence-electron chi connectivity index (χ3n) is 12.7. The molecule has 0 spiro atoms. The van der Waals surface area contributed by atoms with E-state index in [9.17, 15) is 30.3 Å². The van der Waals surface area contributed by atoms with Crippen LogP contribution in [0.4, 0.5) is 0 Å². The van der Waals surface area contributed by atoms with Gasteiger partial charge in [-0.3, -0.25) is 4.79 Å². The quantitative estimate of drug-likeness (QED) is 0.0332. The Balaban J connectivity index is 2.21. The van der Waals surface area contributed by atoms with Crippen LogP contribution in [0.25, 0.3) is 0 Å². The van der Waals surface area contributed by atoms with E-state index < -0.39 is 49.5 Å². The van der Waals surface area contributed by atoms with E-state index in [1.54, 1.807) is 0 Å². The summed E-state index contributed by atoms with van der Waals surface area (Å²) in [5.41, 5.74) is 0. The molecule has 6 N–H and O–H groups in total. The highest BCUT2D eigenvalue weighted by atomic mass is 16.7. The number of aliphatic hydroxyl groups is 5. The largest absolute Gasteiger partial charge is 0.394 e. The van der Waals surface area contributed by atoms with Crippen LogP contribution < -0.4 is 5.32 Å². The Morgan fingerprint density at radius 2 is 0.847 bits per heavy atom. The molecule has 352 valence electrons. The average Bonchev–Trinajstić information content (AvgIpc) is 3.23. The monoisotopic (exact) mass is 842 g/mol. The molecule has 1 aliphatic heterocycles. The molecule has 0 bridgehead atoms. The summed E-state index contributed by atoms with van der Waals surface area (Å²) < 4.78 is 11.3. The van der Waals surface area contributed by atoms with Gasteiger partial charge in [0, 0.05) is 6.42 Å². The van der Waals surface area contributed by atoms with Gasteiger partial charge in [0.1, 0.15) is 24.4 Å². The predicted octanol–water partition coefficient (Wildman–Crippen LogP) is 11.5. The number of carbonyl (C=O) groups excluding carboxylic acids is 1. The molecule has 2 unspecified atom stereocenters. The molecule has 0 aromatic rings. The summed E-state index contributed by atoms with van der Waals surface area (Å²) in [6.07, 6.45) is 39.8. The molecule has 0 aromatic heterocycles. The highest BCUT2D eigenvalue weighted by Crippen LogP contribution is 2.23. The molecule has 0 aliphatic carbocycles. The van der Waals surface area contributed by atoms with E-state index in [4.69, 9.17) is 9.47 Å². The van der Waals surface area contributed by atoms with Crippen molar-refractivity contribution in [2.45, 2.75) is 301 Å². The second kappa shape index (κ2) is 41.2. The van der Waals surface area contributed by atoms with Crippen molar-refractivity contribution in [3.8, 4) is 0 Å². The van der Waals surface area contributed by atoms with Crippen LogP contribution in [-0.2, 0) is 14.3 Å². The predicted molar refractivity (Wildman–Crippen MR) is 244 cm³/mol. The van der Waals surface area contributed by atoms with Gasteiger partial charge >= 0.3 is 0 Å². The van der Waals surface area contributed by atoms with Gasteiger partial charge in [-0.1, -0.05) is 239 Å². The number of hydrogen-bond acceptors (Lipinski definition) is 8. The highest BCUT2D eigenvalue weighted by molar-refractivity contribution is 5.76. The van der Waals surface area contributed by atoms with Gasteiger partial charge in [-0.05, 0) is 12.8 Å². The Morgan fingerprint density at radius 1 is 0.508 bits per heavy atom. The number of rotatable bonds is 44. The molecule has 0 radical (unpaired) electrons. The van der Waals surface area contributed by atoms with Crippen molar-refractivity contribution >= 4 is 5.91 Å². The van der Waals surface area contributed by atoms with Gasteiger partial charge in [-0.2, -0.15) is 0 Å². The van der Waals surface area contributed by atoms with Crippen molar-refractivity contribution in [1.82, 2.24) is 5.32 Å². The molecule has 1 saturated heterocycles. The zero-order valence-corrected chi connectivity index (χ0v) is 38.8. The SMILES string of the molecule is CCCCCCCCCCCCCCCCCCCCCCCCCC(=O)N[C@@H](CO[C@@H]1O[C@H](CO)[C@H](O)C(O)C1O)[C@H](O)CCCCCCCCCCCCCCC. The maximum Gasteiger partial charge on any atom is 0.220 e. The lowest BCUT2D eigenvalue weighted by Gasteiger charge is -2.40. The molecule has 9 heteroatoms. The van der Waals surface area contributed by atoms with E-state index in [0.29, 0.717) is 12.8 Å². The van der Waals surface area contributed by atoms with Gasteiger partial charge in [0.25, 0.3) is 0 Å². The summed E-state index contributed by atoms with van der Waals surface area (Å²) in [5.74, 6) is -0.139. The zero-order chi connectivity index (χ0) is 43.0. The van der Waals surface area contributed by atoms with Crippen LogP contribution >= 0.6 is 0 Å². The number of amides is 1. The van der Waals surface area contributed by atoms with E-state index in [0.717, 1.165) is 38.5 Å². The minimum atomic E-state index is -1.55.